The molecule has 0 aliphatic rings. The number of hydrogen-bond acceptors (Lipinski definition) is 3. The van der Waals surface area contributed by atoms with E-state index in [4.69, 9.17) is 0 Å². The molecule has 0 unspecified atom stereocenters. The van der Waals surface area contributed by atoms with Crippen LogP contribution in [-0.2, 0) is 13.1 Å². The zero-order valence-electron chi connectivity index (χ0n) is 13.7. The number of amides is 1. The number of aromatic nitrogens is 2. The highest BCUT2D eigenvalue weighted by Gasteiger charge is 2.14. The van der Waals surface area contributed by atoms with E-state index in [1.54, 1.807) is 24.3 Å². The van der Waals surface area contributed by atoms with Gasteiger partial charge < -0.3 is 5.32 Å². The van der Waals surface area contributed by atoms with E-state index in [1.165, 1.54) is 15.3 Å². The van der Waals surface area contributed by atoms with Crippen molar-refractivity contribution < 1.29 is 4.79 Å². The van der Waals surface area contributed by atoms with Crippen molar-refractivity contribution in [2.45, 2.75) is 39.8 Å². The van der Waals surface area contributed by atoms with Crippen molar-refractivity contribution in [2.75, 3.05) is 5.32 Å². The van der Waals surface area contributed by atoms with Gasteiger partial charge in [-0.25, -0.2) is 4.79 Å². The van der Waals surface area contributed by atoms with E-state index in [2.05, 4.69) is 21.2 Å². The van der Waals surface area contributed by atoms with Gasteiger partial charge in [0.2, 0.25) is 0 Å². The van der Waals surface area contributed by atoms with Crippen LogP contribution < -0.4 is 16.6 Å². The second-order valence-corrected chi connectivity index (χ2v) is 6.35. The topological polar surface area (TPSA) is 73.1 Å². The van der Waals surface area contributed by atoms with Crippen molar-refractivity contribution in [1.29, 1.82) is 0 Å². The predicted octanol–water partition coefficient (Wildman–Crippen LogP) is 2.84. The molecule has 128 valence electrons. The fourth-order valence-electron chi connectivity index (χ4n) is 2.36. The van der Waals surface area contributed by atoms with Crippen LogP contribution in [0.15, 0.2) is 44.5 Å². The minimum atomic E-state index is -0.473. The molecule has 24 heavy (non-hydrogen) atoms. The van der Waals surface area contributed by atoms with Gasteiger partial charge in [0.25, 0.3) is 11.5 Å². The lowest BCUT2D eigenvalue weighted by molar-refractivity contribution is 0.102. The maximum atomic E-state index is 12.5. The monoisotopic (exact) mass is 393 g/mol. The van der Waals surface area contributed by atoms with E-state index < -0.39 is 5.56 Å². The number of anilines is 1. The SMILES string of the molecule is CCCn1cc(NC(=O)c2ccc(Br)cc2)c(=O)n(CCC)c1=O. The summed E-state index contributed by atoms with van der Waals surface area (Å²) in [6.45, 7) is 4.65. The number of carbonyl (C=O) groups is 1. The first-order chi connectivity index (χ1) is 11.5. The zero-order chi connectivity index (χ0) is 17.7. The van der Waals surface area contributed by atoms with Crippen LogP contribution in [0.1, 0.15) is 37.0 Å². The Bertz CT molecular complexity index is 838. The first-order valence-corrected chi connectivity index (χ1v) is 8.68. The van der Waals surface area contributed by atoms with Gasteiger partial charge in [-0.15, -0.1) is 0 Å². The maximum absolute atomic E-state index is 12.5. The van der Waals surface area contributed by atoms with E-state index in [1.807, 2.05) is 13.8 Å². The summed E-state index contributed by atoms with van der Waals surface area (Å²) in [5, 5.41) is 2.62. The summed E-state index contributed by atoms with van der Waals surface area (Å²) < 4.78 is 3.50. The van der Waals surface area contributed by atoms with Crippen LogP contribution in [0.2, 0.25) is 0 Å². The Morgan fingerprint density at radius 1 is 1.08 bits per heavy atom. The molecule has 0 fully saturated rings. The molecule has 0 bridgehead atoms. The summed E-state index contributed by atoms with van der Waals surface area (Å²) in [5.41, 5.74) is -0.262. The molecule has 0 aliphatic carbocycles. The Balaban J connectivity index is 2.41. The van der Waals surface area contributed by atoms with Crippen molar-refractivity contribution in [3.8, 4) is 0 Å². The van der Waals surface area contributed by atoms with Crippen molar-refractivity contribution in [3.05, 3.63) is 61.3 Å². The van der Waals surface area contributed by atoms with Crippen LogP contribution in [0.4, 0.5) is 5.69 Å². The van der Waals surface area contributed by atoms with E-state index >= 15 is 0 Å². The third-order valence-corrected chi connectivity index (χ3v) is 4.03. The van der Waals surface area contributed by atoms with Gasteiger partial charge >= 0.3 is 5.69 Å². The van der Waals surface area contributed by atoms with E-state index in [0.29, 0.717) is 25.1 Å². The van der Waals surface area contributed by atoms with E-state index in [0.717, 1.165) is 10.9 Å². The molecule has 0 atom stereocenters. The fourth-order valence-corrected chi connectivity index (χ4v) is 2.62. The van der Waals surface area contributed by atoms with E-state index in [-0.39, 0.29) is 17.3 Å². The highest BCUT2D eigenvalue weighted by Crippen LogP contribution is 2.11. The number of halogens is 1. The van der Waals surface area contributed by atoms with Gasteiger partial charge in [0.1, 0.15) is 5.69 Å². The Hall–Kier alpha value is -2.15. The lowest BCUT2D eigenvalue weighted by atomic mass is 10.2. The summed E-state index contributed by atoms with van der Waals surface area (Å²) >= 11 is 3.31. The van der Waals surface area contributed by atoms with Gasteiger partial charge in [0, 0.05) is 29.3 Å². The second-order valence-electron chi connectivity index (χ2n) is 5.44. The smallest absolute Gasteiger partial charge is 0.316 e. The van der Waals surface area contributed by atoms with Crippen LogP contribution in [0, 0.1) is 0 Å². The lowest BCUT2D eigenvalue weighted by Gasteiger charge is -2.13. The molecule has 1 aromatic heterocycles. The summed E-state index contributed by atoms with van der Waals surface area (Å²) in [6, 6.07) is 6.82. The first-order valence-electron chi connectivity index (χ1n) is 7.89. The molecular formula is C17H20BrN3O3. The predicted molar refractivity (Wildman–Crippen MR) is 97.6 cm³/mol. The number of aryl methyl sites for hydroxylation is 1. The van der Waals surface area contributed by atoms with Gasteiger partial charge in [0.05, 0.1) is 0 Å². The molecule has 0 saturated heterocycles. The van der Waals surface area contributed by atoms with Crippen molar-refractivity contribution in [1.82, 2.24) is 9.13 Å². The maximum Gasteiger partial charge on any atom is 0.331 e. The van der Waals surface area contributed by atoms with Crippen LogP contribution in [-0.4, -0.2) is 15.0 Å². The Morgan fingerprint density at radius 3 is 2.29 bits per heavy atom. The van der Waals surface area contributed by atoms with Crippen LogP contribution in [0.25, 0.3) is 0 Å². The van der Waals surface area contributed by atoms with Crippen LogP contribution >= 0.6 is 15.9 Å². The Labute approximate surface area is 148 Å². The highest BCUT2D eigenvalue weighted by molar-refractivity contribution is 9.10. The minimum absolute atomic E-state index is 0.115. The second kappa shape index (κ2) is 8.10. The van der Waals surface area contributed by atoms with Gasteiger partial charge in [-0.05, 0) is 37.1 Å². The van der Waals surface area contributed by atoms with Crippen molar-refractivity contribution >= 4 is 27.5 Å². The largest absolute Gasteiger partial charge is 0.331 e. The number of carbonyl (C=O) groups excluding carboxylic acids is 1. The van der Waals surface area contributed by atoms with Crippen LogP contribution in [0.5, 0.6) is 0 Å². The normalized spacial score (nSPS) is 10.6. The first kappa shape index (κ1) is 18.2. The third kappa shape index (κ3) is 4.03. The molecule has 1 aromatic carbocycles. The van der Waals surface area contributed by atoms with Gasteiger partial charge in [0.15, 0.2) is 0 Å². The summed E-state index contributed by atoms with van der Waals surface area (Å²) in [7, 11) is 0. The molecule has 0 radical (unpaired) electrons. The van der Waals surface area contributed by atoms with Gasteiger partial charge in [-0.3, -0.25) is 18.7 Å². The third-order valence-electron chi connectivity index (χ3n) is 3.50. The molecule has 0 saturated carbocycles. The summed E-state index contributed by atoms with van der Waals surface area (Å²) in [4.78, 5) is 37.1. The number of nitrogens with one attached hydrogen (secondary N) is 1. The molecule has 1 amide bonds. The molecule has 1 N–H and O–H groups in total. The van der Waals surface area contributed by atoms with E-state index in [9.17, 15) is 14.4 Å². The molecule has 2 aromatic rings. The standard InChI is InChI=1S/C17H20BrN3O3/c1-3-9-20-11-14(16(23)21(10-4-2)17(20)24)19-15(22)12-5-7-13(18)8-6-12/h5-8,11H,3-4,9-10H2,1-2H3,(H,19,22). The molecule has 2 rings (SSSR count). The molecule has 6 nitrogen and oxygen atoms in total. The summed E-state index contributed by atoms with van der Waals surface area (Å²) in [5.74, 6) is -0.385. The number of rotatable bonds is 6. The molecule has 0 aliphatic heterocycles. The Kier molecular flexibility index (Phi) is 6.14. The van der Waals surface area contributed by atoms with Gasteiger partial charge in [-0.1, -0.05) is 29.8 Å². The summed E-state index contributed by atoms with van der Waals surface area (Å²) in [6.07, 6.45) is 2.84. The zero-order valence-corrected chi connectivity index (χ0v) is 15.3. The van der Waals surface area contributed by atoms with Gasteiger partial charge in [-0.2, -0.15) is 0 Å². The number of hydrogen-bond donors (Lipinski definition) is 1. The average Bonchev–Trinajstić information content (AvgIpc) is 2.56. The lowest BCUT2D eigenvalue weighted by Crippen LogP contribution is -2.41. The fraction of sp³-hybridized carbons (Fsp3) is 0.353. The average molecular weight is 394 g/mol. The molecule has 7 heteroatoms. The minimum Gasteiger partial charge on any atom is -0.316 e. The number of benzene rings is 1. The van der Waals surface area contributed by atoms with Crippen molar-refractivity contribution in [2.24, 2.45) is 0 Å². The van der Waals surface area contributed by atoms with Crippen molar-refractivity contribution in [3.63, 3.8) is 0 Å². The Morgan fingerprint density at radius 2 is 1.71 bits per heavy atom. The molecule has 1 heterocycles. The molecule has 0 spiro atoms. The molecular weight excluding hydrogens is 374 g/mol. The van der Waals surface area contributed by atoms with Crippen LogP contribution in [0.3, 0.4) is 0 Å². The quantitative estimate of drug-likeness (QED) is 0.819. The number of nitrogens with zero attached hydrogens (tertiary/aromatic N) is 2. The highest BCUT2D eigenvalue weighted by atomic mass is 79.9.